The Morgan fingerprint density at radius 1 is 0.905 bits per heavy atom. The Balaban J connectivity index is 2.03. The highest BCUT2D eigenvalue weighted by Gasteiger charge is 2.51. The maximum Gasteiger partial charge on any atom is 0.494 e. The van der Waals surface area contributed by atoms with Gasteiger partial charge in [-0.15, -0.1) is 0 Å². The summed E-state index contributed by atoms with van der Waals surface area (Å²) < 4.78 is 39.0. The molecule has 1 aliphatic heterocycles. The van der Waals surface area contributed by atoms with E-state index in [9.17, 15) is 8.78 Å². The lowest BCUT2D eigenvalue weighted by molar-refractivity contribution is 0.00578. The molecule has 1 saturated heterocycles. The van der Waals surface area contributed by atoms with Crippen molar-refractivity contribution in [3.05, 3.63) is 42.0 Å². The molecule has 0 saturated carbocycles. The summed E-state index contributed by atoms with van der Waals surface area (Å²) in [5.74, 6) is -1.16. The van der Waals surface area contributed by atoms with Gasteiger partial charge in [-0.2, -0.15) is 0 Å². The van der Waals surface area contributed by atoms with Crippen molar-refractivity contribution >= 4 is 23.4 Å². The predicted molar refractivity (Wildman–Crippen MR) is 79.6 cm³/mol. The van der Waals surface area contributed by atoms with Crippen LogP contribution in [0.2, 0.25) is 0 Å². The zero-order chi connectivity index (χ0) is 15.4. The maximum atomic E-state index is 13.9. The fraction of sp³-hybridized carbons (Fsp3) is 0.375. The van der Waals surface area contributed by atoms with Gasteiger partial charge in [-0.3, -0.25) is 0 Å². The molecule has 1 heterocycles. The number of rotatable bonds is 1. The van der Waals surface area contributed by atoms with E-state index in [-0.39, 0.29) is 0 Å². The minimum Gasteiger partial charge on any atom is -0.399 e. The van der Waals surface area contributed by atoms with Gasteiger partial charge in [0, 0.05) is 11.5 Å². The van der Waals surface area contributed by atoms with Crippen molar-refractivity contribution < 1.29 is 18.1 Å². The number of halogens is 2. The van der Waals surface area contributed by atoms with Crippen LogP contribution in [0, 0.1) is 11.6 Å². The van der Waals surface area contributed by atoms with E-state index in [2.05, 4.69) is 0 Å². The SMILES string of the molecule is CC1(C)OB(c2ccc3cc(F)cc(F)c3c2)OC1(C)C. The molecule has 3 rings (SSSR count). The fourth-order valence-corrected chi connectivity index (χ4v) is 2.42. The van der Waals surface area contributed by atoms with Crippen LogP contribution >= 0.6 is 0 Å². The van der Waals surface area contributed by atoms with Crippen molar-refractivity contribution in [2.75, 3.05) is 0 Å². The molecule has 1 fully saturated rings. The van der Waals surface area contributed by atoms with Gasteiger partial charge in [0.1, 0.15) is 11.6 Å². The monoisotopic (exact) mass is 290 g/mol. The van der Waals surface area contributed by atoms with Crippen LogP contribution in [0.3, 0.4) is 0 Å². The molecule has 0 N–H and O–H groups in total. The Morgan fingerprint density at radius 3 is 2.14 bits per heavy atom. The summed E-state index contributed by atoms with van der Waals surface area (Å²) in [6, 6.07) is 7.32. The molecule has 0 atom stereocenters. The first-order chi connectivity index (χ1) is 9.69. The Morgan fingerprint density at radius 2 is 1.52 bits per heavy atom. The summed E-state index contributed by atoms with van der Waals surface area (Å²) in [4.78, 5) is 0. The molecule has 0 radical (unpaired) electrons. The molecular weight excluding hydrogens is 273 g/mol. The molecule has 1 aliphatic rings. The second kappa shape index (κ2) is 4.52. The molecule has 0 unspecified atom stereocenters. The molecule has 0 aromatic heterocycles. The van der Waals surface area contributed by atoms with Gasteiger partial charge in [0.15, 0.2) is 0 Å². The van der Waals surface area contributed by atoms with Gasteiger partial charge in [-0.25, -0.2) is 8.78 Å². The van der Waals surface area contributed by atoms with E-state index < -0.39 is 30.0 Å². The van der Waals surface area contributed by atoms with Gasteiger partial charge in [0.25, 0.3) is 0 Å². The van der Waals surface area contributed by atoms with E-state index in [0.29, 0.717) is 10.8 Å². The fourth-order valence-electron chi connectivity index (χ4n) is 2.42. The third kappa shape index (κ3) is 2.34. The summed E-state index contributed by atoms with van der Waals surface area (Å²) in [5, 5.41) is 0.886. The summed E-state index contributed by atoms with van der Waals surface area (Å²) in [6.45, 7) is 7.85. The second-order valence-corrected chi connectivity index (χ2v) is 6.46. The zero-order valence-corrected chi connectivity index (χ0v) is 12.5. The average molecular weight is 290 g/mol. The summed E-state index contributed by atoms with van der Waals surface area (Å²) in [7, 11) is -0.552. The molecule has 0 bridgehead atoms. The molecule has 5 heteroatoms. The molecule has 0 aliphatic carbocycles. The smallest absolute Gasteiger partial charge is 0.399 e. The van der Waals surface area contributed by atoms with Gasteiger partial charge in [0.05, 0.1) is 11.2 Å². The third-order valence-corrected chi connectivity index (χ3v) is 4.42. The van der Waals surface area contributed by atoms with E-state index >= 15 is 0 Å². The quantitative estimate of drug-likeness (QED) is 0.749. The van der Waals surface area contributed by atoms with Crippen LogP contribution < -0.4 is 5.46 Å². The Hall–Kier alpha value is -1.46. The van der Waals surface area contributed by atoms with Crippen LogP contribution in [0.5, 0.6) is 0 Å². The van der Waals surface area contributed by atoms with Crippen LogP contribution in [0.25, 0.3) is 10.8 Å². The van der Waals surface area contributed by atoms with E-state index in [1.165, 1.54) is 6.07 Å². The van der Waals surface area contributed by atoms with Crippen molar-refractivity contribution in [1.29, 1.82) is 0 Å². The molecule has 0 spiro atoms. The first-order valence-electron chi connectivity index (χ1n) is 6.94. The third-order valence-electron chi connectivity index (χ3n) is 4.42. The first kappa shape index (κ1) is 14.5. The van der Waals surface area contributed by atoms with Crippen molar-refractivity contribution in [3.63, 3.8) is 0 Å². The molecular formula is C16H17BF2O2. The second-order valence-electron chi connectivity index (χ2n) is 6.46. The van der Waals surface area contributed by atoms with Gasteiger partial charge in [0.2, 0.25) is 0 Å². The summed E-state index contributed by atoms with van der Waals surface area (Å²) in [5.41, 5.74) is -0.172. The number of hydrogen-bond acceptors (Lipinski definition) is 2. The standard InChI is InChI=1S/C16H17BF2O2/c1-15(2)16(3,4)21-17(20-15)11-6-5-10-7-12(18)9-14(19)13(10)8-11/h5-9H,1-4H3. The highest BCUT2D eigenvalue weighted by atomic mass is 19.1. The molecule has 2 nitrogen and oxygen atoms in total. The van der Waals surface area contributed by atoms with Crippen LogP contribution in [0.15, 0.2) is 30.3 Å². The van der Waals surface area contributed by atoms with E-state index in [4.69, 9.17) is 9.31 Å². The van der Waals surface area contributed by atoms with Gasteiger partial charge < -0.3 is 9.31 Å². The minimum absolute atomic E-state index is 0.364. The van der Waals surface area contributed by atoms with Crippen LogP contribution in [-0.2, 0) is 9.31 Å². The lowest BCUT2D eigenvalue weighted by Gasteiger charge is -2.32. The molecule has 0 amide bonds. The Bertz CT molecular complexity index is 697. The van der Waals surface area contributed by atoms with E-state index in [1.807, 2.05) is 27.7 Å². The van der Waals surface area contributed by atoms with Crippen LogP contribution in [-0.4, -0.2) is 18.3 Å². The van der Waals surface area contributed by atoms with Crippen molar-refractivity contribution in [3.8, 4) is 0 Å². The number of hydrogen-bond donors (Lipinski definition) is 0. The van der Waals surface area contributed by atoms with Crippen molar-refractivity contribution in [2.45, 2.75) is 38.9 Å². The van der Waals surface area contributed by atoms with E-state index in [0.717, 1.165) is 11.5 Å². The predicted octanol–water partition coefficient (Wildman–Crippen LogP) is 3.42. The zero-order valence-electron chi connectivity index (χ0n) is 12.5. The van der Waals surface area contributed by atoms with Gasteiger partial charge in [-0.1, -0.05) is 18.2 Å². The highest BCUT2D eigenvalue weighted by molar-refractivity contribution is 6.62. The normalized spacial score (nSPS) is 20.2. The lowest BCUT2D eigenvalue weighted by atomic mass is 9.78. The van der Waals surface area contributed by atoms with E-state index in [1.54, 1.807) is 18.2 Å². The number of benzene rings is 2. The molecule has 21 heavy (non-hydrogen) atoms. The molecule has 2 aromatic rings. The molecule has 110 valence electrons. The van der Waals surface area contributed by atoms with Crippen molar-refractivity contribution in [1.82, 2.24) is 0 Å². The summed E-state index contributed by atoms with van der Waals surface area (Å²) in [6.07, 6.45) is 0. The number of fused-ring (bicyclic) bond motifs is 1. The first-order valence-corrected chi connectivity index (χ1v) is 6.94. The molecule has 2 aromatic carbocycles. The topological polar surface area (TPSA) is 18.5 Å². The largest absolute Gasteiger partial charge is 0.494 e. The lowest BCUT2D eigenvalue weighted by Crippen LogP contribution is -2.41. The minimum atomic E-state index is -0.580. The van der Waals surface area contributed by atoms with Crippen molar-refractivity contribution in [2.24, 2.45) is 0 Å². The van der Waals surface area contributed by atoms with Gasteiger partial charge in [-0.05, 0) is 44.6 Å². The van der Waals surface area contributed by atoms with Gasteiger partial charge >= 0.3 is 7.12 Å². The van der Waals surface area contributed by atoms with Crippen LogP contribution in [0.4, 0.5) is 8.78 Å². The average Bonchev–Trinajstić information content (AvgIpc) is 2.58. The Kier molecular flexibility index (Phi) is 3.12. The summed E-state index contributed by atoms with van der Waals surface area (Å²) >= 11 is 0. The maximum absolute atomic E-state index is 13.9. The highest BCUT2D eigenvalue weighted by Crippen LogP contribution is 2.36. The van der Waals surface area contributed by atoms with Crippen LogP contribution in [0.1, 0.15) is 27.7 Å². The Labute approximate surface area is 123 Å².